The number of esters is 1. The number of methoxy groups -OCH3 is 1. The Bertz CT molecular complexity index is 1320. The van der Waals surface area contributed by atoms with Crippen LogP contribution in [0.4, 0.5) is 13.2 Å². The van der Waals surface area contributed by atoms with Crippen molar-refractivity contribution in [1.82, 2.24) is 19.9 Å². The smallest absolute Gasteiger partial charge is 0.451 e. The number of hydrogen-bond donors (Lipinski definition) is 2. The van der Waals surface area contributed by atoms with Crippen LogP contribution in [0.15, 0.2) is 59.3 Å². The molecule has 2 heterocycles. The third-order valence-electron chi connectivity index (χ3n) is 4.47. The Hall–Kier alpha value is -3.60. The number of hydrogen-bond acceptors (Lipinski definition) is 7. The summed E-state index contributed by atoms with van der Waals surface area (Å²) in [7, 11) is 1.15. The first-order chi connectivity index (χ1) is 15.3. The van der Waals surface area contributed by atoms with Crippen LogP contribution in [-0.2, 0) is 15.7 Å². The molecule has 32 heavy (non-hydrogen) atoms. The summed E-state index contributed by atoms with van der Waals surface area (Å²) in [4.78, 5) is 26.8. The van der Waals surface area contributed by atoms with Gasteiger partial charge in [0.2, 0.25) is 5.82 Å². The van der Waals surface area contributed by atoms with E-state index in [9.17, 15) is 23.1 Å². The number of nitrogens with zero attached hydrogens (tertiary/aromatic N) is 3. The van der Waals surface area contributed by atoms with Gasteiger partial charge < -0.3 is 14.8 Å². The zero-order chi connectivity index (χ0) is 22.9. The van der Waals surface area contributed by atoms with Crippen LogP contribution in [0.25, 0.3) is 27.5 Å². The zero-order valence-electron chi connectivity index (χ0n) is 16.5. The zero-order valence-corrected chi connectivity index (χ0v) is 17.3. The van der Waals surface area contributed by atoms with E-state index in [-0.39, 0.29) is 27.7 Å². The molecule has 0 atom stereocenters. The molecule has 0 bridgehead atoms. The lowest BCUT2D eigenvalue weighted by molar-refractivity contribution is -0.145. The van der Waals surface area contributed by atoms with Crippen molar-refractivity contribution in [2.75, 3.05) is 12.9 Å². The van der Waals surface area contributed by atoms with Gasteiger partial charge in [-0.1, -0.05) is 42.1 Å². The topological polar surface area (TPSA) is 101 Å². The Labute approximate surface area is 183 Å². The average molecular weight is 460 g/mol. The van der Waals surface area contributed by atoms with E-state index in [2.05, 4.69) is 19.9 Å². The number of H-pyrrole nitrogens is 1. The Morgan fingerprint density at radius 3 is 2.44 bits per heavy atom. The second kappa shape index (κ2) is 8.50. The lowest BCUT2D eigenvalue weighted by Gasteiger charge is -2.11. The van der Waals surface area contributed by atoms with Gasteiger partial charge in [0.1, 0.15) is 22.2 Å². The molecule has 7 nitrogen and oxygen atoms in total. The molecule has 2 aromatic carbocycles. The predicted molar refractivity (Wildman–Crippen MR) is 113 cm³/mol. The predicted octanol–water partition coefficient (Wildman–Crippen LogP) is 4.76. The fourth-order valence-electron chi connectivity index (χ4n) is 3.02. The molecule has 0 spiro atoms. The number of benzene rings is 2. The standard InChI is InChI=1S/C21H15F3N4O3S/c1-31-19(30)16(17-25-13-8-4-5-9-14(13)26-17)15(29)10-32-18-11-6-2-3-7-12(11)27-20(28-18)21(22,23)24/h2-9,29H,10H2,1H3,(H,25,26). The molecule has 0 aliphatic heterocycles. The number of halogens is 3. The number of aromatic amines is 1. The number of aliphatic hydroxyl groups excluding tert-OH is 1. The lowest BCUT2D eigenvalue weighted by Crippen LogP contribution is -2.12. The number of carbonyl (C=O) groups is 1. The number of nitrogens with one attached hydrogen (secondary N) is 1. The largest absolute Gasteiger partial charge is 0.510 e. The molecule has 0 amide bonds. The van der Waals surface area contributed by atoms with Crippen LogP contribution >= 0.6 is 11.8 Å². The molecule has 11 heteroatoms. The first kappa shape index (κ1) is 21.6. The highest BCUT2D eigenvalue weighted by Gasteiger charge is 2.35. The van der Waals surface area contributed by atoms with Crippen molar-refractivity contribution in [1.29, 1.82) is 0 Å². The molecule has 0 fully saturated rings. The fourth-order valence-corrected chi connectivity index (χ4v) is 3.91. The van der Waals surface area contributed by atoms with Gasteiger partial charge >= 0.3 is 12.1 Å². The molecular formula is C21H15F3N4O3S. The molecule has 0 saturated heterocycles. The van der Waals surface area contributed by atoms with Crippen LogP contribution in [0.2, 0.25) is 0 Å². The van der Waals surface area contributed by atoms with E-state index in [4.69, 9.17) is 4.74 Å². The number of imidazole rings is 1. The summed E-state index contributed by atoms with van der Waals surface area (Å²) in [5.74, 6) is -2.71. The maximum Gasteiger partial charge on any atom is 0.451 e. The monoisotopic (exact) mass is 460 g/mol. The van der Waals surface area contributed by atoms with Crippen molar-refractivity contribution in [3.63, 3.8) is 0 Å². The lowest BCUT2D eigenvalue weighted by atomic mass is 10.2. The molecule has 2 aromatic heterocycles. The van der Waals surface area contributed by atoms with Crippen LogP contribution in [-0.4, -0.2) is 43.9 Å². The molecule has 164 valence electrons. The summed E-state index contributed by atoms with van der Waals surface area (Å²) in [5, 5.41) is 11.1. The first-order valence-electron chi connectivity index (χ1n) is 9.20. The van der Waals surface area contributed by atoms with Crippen molar-refractivity contribution in [3.8, 4) is 0 Å². The van der Waals surface area contributed by atoms with Gasteiger partial charge in [-0.15, -0.1) is 0 Å². The first-order valence-corrected chi connectivity index (χ1v) is 10.2. The van der Waals surface area contributed by atoms with E-state index < -0.39 is 23.7 Å². The van der Waals surface area contributed by atoms with E-state index in [1.54, 1.807) is 42.5 Å². The maximum atomic E-state index is 13.2. The molecule has 4 rings (SSSR count). The Kier molecular flexibility index (Phi) is 5.74. The number of ether oxygens (including phenoxy) is 1. The SMILES string of the molecule is COC(=O)C(=C(O)CSc1nc(C(F)(F)F)nc2ccccc12)c1nc2ccccc2[nH]1. The van der Waals surface area contributed by atoms with Gasteiger partial charge in [-0.2, -0.15) is 13.2 Å². The number of aromatic nitrogens is 4. The summed E-state index contributed by atoms with van der Waals surface area (Å²) in [6.45, 7) is 0. The second-order valence-electron chi connectivity index (χ2n) is 6.57. The van der Waals surface area contributed by atoms with E-state index in [0.29, 0.717) is 16.4 Å². The highest BCUT2D eigenvalue weighted by molar-refractivity contribution is 7.99. The summed E-state index contributed by atoms with van der Waals surface area (Å²) in [5.41, 5.74) is 1.11. The quantitative estimate of drug-likeness (QED) is 0.146. The molecular weight excluding hydrogens is 445 g/mol. The average Bonchev–Trinajstić information content (AvgIpc) is 3.20. The van der Waals surface area contributed by atoms with E-state index in [1.807, 2.05) is 0 Å². The number of alkyl halides is 3. The Balaban J connectivity index is 1.73. The Morgan fingerprint density at radius 1 is 1.06 bits per heavy atom. The Morgan fingerprint density at radius 2 is 1.75 bits per heavy atom. The number of thioether (sulfide) groups is 1. The maximum absolute atomic E-state index is 13.2. The minimum Gasteiger partial charge on any atom is -0.510 e. The van der Waals surface area contributed by atoms with Gasteiger partial charge in [0.05, 0.1) is 29.4 Å². The van der Waals surface area contributed by atoms with Gasteiger partial charge in [-0.3, -0.25) is 0 Å². The molecule has 0 saturated carbocycles. The third kappa shape index (κ3) is 4.24. The van der Waals surface area contributed by atoms with Crippen molar-refractivity contribution >= 4 is 45.2 Å². The minimum absolute atomic E-state index is 0.0169. The molecule has 0 radical (unpaired) electrons. The van der Waals surface area contributed by atoms with Crippen molar-refractivity contribution in [2.45, 2.75) is 11.2 Å². The van der Waals surface area contributed by atoms with Crippen LogP contribution in [0.5, 0.6) is 0 Å². The molecule has 2 N–H and O–H groups in total. The van der Waals surface area contributed by atoms with Crippen LogP contribution in [0, 0.1) is 0 Å². The summed E-state index contributed by atoms with van der Waals surface area (Å²) in [6, 6.07) is 13.3. The molecule has 0 unspecified atom stereocenters. The highest BCUT2D eigenvalue weighted by Crippen LogP contribution is 2.33. The van der Waals surface area contributed by atoms with Gasteiger partial charge in [0.25, 0.3) is 0 Å². The van der Waals surface area contributed by atoms with Crippen molar-refractivity contribution in [2.24, 2.45) is 0 Å². The van der Waals surface area contributed by atoms with Crippen molar-refractivity contribution < 1.29 is 27.8 Å². The van der Waals surface area contributed by atoms with Gasteiger partial charge in [-0.05, 0) is 18.2 Å². The van der Waals surface area contributed by atoms with Gasteiger partial charge in [-0.25, -0.2) is 19.7 Å². The molecule has 4 aromatic rings. The summed E-state index contributed by atoms with van der Waals surface area (Å²) in [6.07, 6.45) is -4.73. The molecule has 0 aliphatic carbocycles. The number of fused-ring (bicyclic) bond motifs is 2. The van der Waals surface area contributed by atoms with Gasteiger partial charge in [0, 0.05) is 5.39 Å². The van der Waals surface area contributed by atoms with Crippen LogP contribution in [0.1, 0.15) is 11.6 Å². The normalized spacial score (nSPS) is 12.8. The van der Waals surface area contributed by atoms with Gasteiger partial charge in [0.15, 0.2) is 0 Å². The fraction of sp³-hybridized carbons (Fsp3) is 0.143. The van der Waals surface area contributed by atoms with E-state index in [0.717, 1.165) is 18.9 Å². The molecule has 0 aliphatic rings. The second-order valence-corrected chi connectivity index (χ2v) is 7.54. The highest BCUT2D eigenvalue weighted by atomic mass is 32.2. The minimum atomic E-state index is -4.73. The number of carbonyl (C=O) groups excluding carboxylic acids is 1. The number of para-hydroxylation sites is 3. The van der Waals surface area contributed by atoms with E-state index >= 15 is 0 Å². The van der Waals surface area contributed by atoms with Crippen molar-refractivity contribution in [3.05, 3.63) is 65.9 Å². The van der Waals surface area contributed by atoms with E-state index in [1.165, 1.54) is 6.07 Å². The van der Waals surface area contributed by atoms with Crippen LogP contribution < -0.4 is 0 Å². The summed E-state index contributed by atoms with van der Waals surface area (Å²) >= 11 is 0.838. The number of rotatable bonds is 5. The summed E-state index contributed by atoms with van der Waals surface area (Å²) < 4.78 is 44.5. The third-order valence-corrected chi connectivity index (χ3v) is 5.47. The van der Waals surface area contributed by atoms with Crippen LogP contribution in [0.3, 0.4) is 0 Å². The number of aliphatic hydroxyl groups is 1.